The van der Waals surface area contributed by atoms with Gasteiger partial charge in [-0.05, 0) is 31.6 Å². The third-order valence-corrected chi connectivity index (χ3v) is 3.46. The minimum atomic E-state index is -0.196. The van der Waals surface area contributed by atoms with Crippen molar-refractivity contribution in [1.29, 1.82) is 0 Å². The first-order chi connectivity index (χ1) is 7.69. The Morgan fingerprint density at radius 1 is 1.38 bits per heavy atom. The average molecular weight is 226 g/mol. The minimum absolute atomic E-state index is 0.127. The molecule has 0 aromatic carbocycles. The van der Waals surface area contributed by atoms with Crippen molar-refractivity contribution in [2.75, 3.05) is 19.7 Å². The van der Waals surface area contributed by atoms with Crippen molar-refractivity contribution in [2.24, 2.45) is 17.6 Å². The van der Waals surface area contributed by atoms with Gasteiger partial charge in [-0.25, -0.2) is 4.79 Å². The summed E-state index contributed by atoms with van der Waals surface area (Å²) in [5.41, 5.74) is 6.00. The fraction of sp³-hybridized carbons (Fsp3) is 0.917. The fourth-order valence-corrected chi connectivity index (χ4v) is 2.61. The number of amides is 1. The van der Waals surface area contributed by atoms with Crippen LogP contribution in [-0.4, -0.2) is 36.7 Å². The standard InChI is InChI=1S/C12H22N2O2/c1-2-16-12(15)14-7-10(5-9-3-4-9)6-11(13)8-14/h9-11H,2-8,13H2,1H3. The molecule has 1 aliphatic heterocycles. The van der Waals surface area contributed by atoms with Gasteiger partial charge >= 0.3 is 6.09 Å². The van der Waals surface area contributed by atoms with Gasteiger partial charge in [0.15, 0.2) is 0 Å². The number of likely N-dealkylation sites (tertiary alicyclic amines) is 1. The highest BCUT2D eigenvalue weighted by atomic mass is 16.6. The van der Waals surface area contributed by atoms with Gasteiger partial charge in [-0.3, -0.25) is 0 Å². The number of hydrogen-bond donors (Lipinski definition) is 1. The van der Waals surface area contributed by atoms with Crippen LogP contribution in [0.1, 0.15) is 32.6 Å². The summed E-state index contributed by atoms with van der Waals surface area (Å²) in [6.45, 7) is 3.77. The van der Waals surface area contributed by atoms with Crippen LogP contribution in [-0.2, 0) is 4.74 Å². The fourth-order valence-electron chi connectivity index (χ4n) is 2.61. The number of carbonyl (C=O) groups is 1. The van der Waals surface area contributed by atoms with Gasteiger partial charge in [0.05, 0.1) is 6.61 Å². The summed E-state index contributed by atoms with van der Waals surface area (Å²) in [6.07, 6.45) is 4.84. The lowest BCUT2D eigenvalue weighted by Gasteiger charge is -2.35. The Labute approximate surface area is 97.1 Å². The number of piperidine rings is 1. The predicted molar refractivity (Wildman–Crippen MR) is 62.0 cm³/mol. The Kier molecular flexibility index (Phi) is 3.69. The normalized spacial score (nSPS) is 30.2. The molecule has 1 amide bonds. The molecule has 2 fully saturated rings. The molecule has 2 N–H and O–H groups in total. The maximum absolute atomic E-state index is 11.6. The van der Waals surface area contributed by atoms with Crippen molar-refractivity contribution in [3.63, 3.8) is 0 Å². The summed E-state index contributed by atoms with van der Waals surface area (Å²) in [5.74, 6) is 1.49. The number of carbonyl (C=O) groups excluding carboxylic acids is 1. The smallest absolute Gasteiger partial charge is 0.409 e. The van der Waals surface area contributed by atoms with Crippen molar-refractivity contribution >= 4 is 6.09 Å². The van der Waals surface area contributed by atoms with E-state index in [1.165, 1.54) is 19.3 Å². The van der Waals surface area contributed by atoms with Crippen molar-refractivity contribution in [2.45, 2.75) is 38.6 Å². The third kappa shape index (κ3) is 3.11. The SMILES string of the molecule is CCOC(=O)N1CC(N)CC(CC2CC2)C1. The third-order valence-electron chi connectivity index (χ3n) is 3.46. The molecule has 0 bridgehead atoms. The number of nitrogens with two attached hydrogens (primary N) is 1. The summed E-state index contributed by atoms with van der Waals surface area (Å²) >= 11 is 0. The van der Waals surface area contributed by atoms with E-state index in [1.54, 1.807) is 4.90 Å². The minimum Gasteiger partial charge on any atom is -0.450 e. The Balaban J connectivity index is 1.85. The van der Waals surface area contributed by atoms with Crippen molar-refractivity contribution in [1.82, 2.24) is 4.90 Å². The molecule has 4 heteroatoms. The van der Waals surface area contributed by atoms with Crippen LogP contribution >= 0.6 is 0 Å². The summed E-state index contributed by atoms with van der Waals surface area (Å²) in [6, 6.07) is 0.127. The van der Waals surface area contributed by atoms with Crippen LogP contribution in [0.25, 0.3) is 0 Å². The Morgan fingerprint density at radius 2 is 2.12 bits per heavy atom. The van der Waals surface area contributed by atoms with Crippen molar-refractivity contribution in [3.05, 3.63) is 0 Å². The lowest BCUT2D eigenvalue weighted by atomic mass is 9.90. The van der Waals surface area contributed by atoms with Gasteiger partial charge in [-0.15, -0.1) is 0 Å². The molecule has 4 nitrogen and oxygen atoms in total. The maximum atomic E-state index is 11.6. The summed E-state index contributed by atoms with van der Waals surface area (Å²) in [5, 5.41) is 0. The van der Waals surface area contributed by atoms with Gasteiger partial charge in [0.25, 0.3) is 0 Å². The van der Waals surface area contributed by atoms with E-state index in [0.717, 1.165) is 18.9 Å². The van der Waals surface area contributed by atoms with Crippen LogP contribution < -0.4 is 5.73 Å². The molecular formula is C12H22N2O2. The van der Waals surface area contributed by atoms with Crippen molar-refractivity contribution < 1.29 is 9.53 Å². The van der Waals surface area contributed by atoms with Crippen LogP contribution in [0.3, 0.4) is 0 Å². The molecule has 0 aromatic heterocycles. The molecule has 2 rings (SSSR count). The maximum Gasteiger partial charge on any atom is 0.409 e. The Hall–Kier alpha value is -0.770. The molecule has 1 aliphatic carbocycles. The molecule has 1 saturated heterocycles. The quantitative estimate of drug-likeness (QED) is 0.795. The molecule has 2 atom stereocenters. The summed E-state index contributed by atoms with van der Waals surface area (Å²) < 4.78 is 5.03. The van der Waals surface area contributed by atoms with Gasteiger partial charge < -0.3 is 15.4 Å². The van der Waals surface area contributed by atoms with Gasteiger partial charge in [0, 0.05) is 19.1 Å². The van der Waals surface area contributed by atoms with Crippen LogP contribution in [0, 0.1) is 11.8 Å². The summed E-state index contributed by atoms with van der Waals surface area (Å²) in [4.78, 5) is 13.4. The molecular weight excluding hydrogens is 204 g/mol. The molecule has 0 spiro atoms. The molecule has 1 saturated carbocycles. The van der Waals surface area contributed by atoms with E-state index in [1.807, 2.05) is 6.92 Å². The number of hydrogen-bond acceptors (Lipinski definition) is 3. The largest absolute Gasteiger partial charge is 0.450 e. The molecule has 92 valence electrons. The second kappa shape index (κ2) is 5.04. The molecule has 0 radical (unpaired) electrons. The molecule has 2 unspecified atom stereocenters. The highest BCUT2D eigenvalue weighted by molar-refractivity contribution is 5.67. The molecule has 1 heterocycles. The van der Waals surface area contributed by atoms with Crippen molar-refractivity contribution in [3.8, 4) is 0 Å². The first-order valence-electron chi connectivity index (χ1n) is 6.36. The van der Waals surface area contributed by atoms with Crippen LogP contribution in [0.2, 0.25) is 0 Å². The second-order valence-corrected chi connectivity index (χ2v) is 5.14. The zero-order valence-electron chi connectivity index (χ0n) is 10.0. The predicted octanol–water partition coefficient (Wildman–Crippen LogP) is 1.59. The monoisotopic (exact) mass is 226 g/mol. The van der Waals surface area contributed by atoms with E-state index in [9.17, 15) is 4.79 Å². The van der Waals surface area contributed by atoms with Gasteiger partial charge in [0.1, 0.15) is 0 Å². The number of ether oxygens (including phenoxy) is 1. The molecule has 16 heavy (non-hydrogen) atoms. The first-order valence-corrected chi connectivity index (χ1v) is 6.36. The molecule has 2 aliphatic rings. The van der Waals surface area contributed by atoms with E-state index in [0.29, 0.717) is 19.1 Å². The van der Waals surface area contributed by atoms with E-state index in [4.69, 9.17) is 10.5 Å². The topological polar surface area (TPSA) is 55.6 Å². The number of rotatable bonds is 3. The lowest BCUT2D eigenvalue weighted by molar-refractivity contribution is 0.0811. The van der Waals surface area contributed by atoms with E-state index in [-0.39, 0.29) is 12.1 Å². The van der Waals surface area contributed by atoms with Gasteiger partial charge in [0.2, 0.25) is 0 Å². The van der Waals surface area contributed by atoms with Gasteiger partial charge in [-0.1, -0.05) is 12.8 Å². The Bertz CT molecular complexity index is 251. The zero-order valence-corrected chi connectivity index (χ0v) is 10.0. The highest BCUT2D eigenvalue weighted by Gasteiger charge is 2.33. The van der Waals surface area contributed by atoms with Gasteiger partial charge in [-0.2, -0.15) is 0 Å². The Morgan fingerprint density at radius 3 is 2.75 bits per heavy atom. The van der Waals surface area contributed by atoms with Crippen LogP contribution in [0.4, 0.5) is 4.79 Å². The van der Waals surface area contributed by atoms with E-state index < -0.39 is 0 Å². The first kappa shape index (κ1) is 11.7. The van der Waals surface area contributed by atoms with E-state index >= 15 is 0 Å². The van der Waals surface area contributed by atoms with Crippen LogP contribution in [0.5, 0.6) is 0 Å². The second-order valence-electron chi connectivity index (χ2n) is 5.14. The zero-order chi connectivity index (χ0) is 11.5. The average Bonchev–Trinajstić information content (AvgIpc) is 3.01. The van der Waals surface area contributed by atoms with E-state index in [2.05, 4.69) is 0 Å². The highest BCUT2D eigenvalue weighted by Crippen LogP contribution is 2.37. The molecule has 0 aromatic rings. The number of nitrogens with zero attached hydrogens (tertiary/aromatic N) is 1. The lowest BCUT2D eigenvalue weighted by Crippen LogP contribution is -2.49. The van der Waals surface area contributed by atoms with Crippen LogP contribution in [0.15, 0.2) is 0 Å². The summed E-state index contributed by atoms with van der Waals surface area (Å²) in [7, 11) is 0.